The molecule has 2 heteroatoms. The molecule has 0 spiro atoms. The maximum atomic E-state index is 11.7. The van der Waals surface area contributed by atoms with Crippen molar-refractivity contribution in [2.45, 2.75) is 12.6 Å². The van der Waals surface area contributed by atoms with Crippen LogP contribution in [0.4, 0.5) is 4.39 Å². The minimum Gasteiger partial charge on any atom is -0.330 e. The van der Waals surface area contributed by atoms with Crippen molar-refractivity contribution >= 4 is 0 Å². The number of hydrogen-bond acceptors (Lipinski definition) is 1. The lowest BCUT2D eigenvalue weighted by Gasteiger charge is -1.77. The van der Waals surface area contributed by atoms with Crippen LogP contribution < -0.4 is 5.73 Å². The summed E-state index contributed by atoms with van der Waals surface area (Å²) in [6.45, 7) is 0.529. The summed E-state index contributed by atoms with van der Waals surface area (Å²) in [5, 5.41) is 0. The van der Waals surface area contributed by atoms with E-state index in [0.29, 0.717) is 13.0 Å². The molecule has 2 N–H and O–H groups in total. The quantitative estimate of drug-likeness (QED) is 0.491. The minimum atomic E-state index is -0.560. The number of hydrogen-bond donors (Lipinski definition) is 1. The summed E-state index contributed by atoms with van der Waals surface area (Å²) in [5.74, 6) is 0.213. The third-order valence-electron chi connectivity index (χ3n) is 1.14. The maximum absolute atomic E-state index is 11.7. The Balaban J connectivity index is 2.09. The van der Waals surface area contributed by atoms with Gasteiger partial charge in [-0.25, -0.2) is 4.39 Å². The zero-order valence-corrected chi connectivity index (χ0v) is 3.52. The number of rotatable bonds is 1. The maximum Gasteiger partial charge on any atom is 0.105 e. The van der Waals surface area contributed by atoms with Crippen molar-refractivity contribution < 1.29 is 4.39 Å². The average Bonchev–Trinajstić information content (AvgIpc) is 2.19. The molecule has 0 saturated heterocycles. The molecule has 0 aromatic rings. The van der Waals surface area contributed by atoms with Gasteiger partial charge in [-0.2, -0.15) is 0 Å². The average molecular weight is 89.1 g/mol. The molecule has 0 aromatic heterocycles. The zero-order chi connectivity index (χ0) is 4.57. The molecule has 0 heterocycles. The van der Waals surface area contributed by atoms with Gasteiger partial charge in [-0.15, -0.1) is 0 Å². The Morgan fingerprint density at radius 3 is 2.33 bits per heavy atom. The summed E-state index contributed by atoms with van der Waals surface area (Å²) in [5.41, 5.74) is 5.08. The molecular weight excluding hydrogens is 81.0 g/mol. The van der Waals surface area contributed by atoms with Crippen LogP contribution in [0, 0.1) is 5.92 Å². The van der Waals surface area contributed by atoms with E-state index in [9.17, 15) is 4.39 Å². The first-order valence-electron chi connectivity index (χ1n) is 2.18. The molecule has 0 aliphatic heterocycles. The van der Waals surface area contributed by atoms with Gasteiger partial charge in [0.05, 0.1) is 0 Å². The van der Waals surface area contributed by atoms with Crippen LogP contribution in [0.15, 0.2) is 0 Å². The van der Waals surface area contributed by atoms with E-state index in [1.807, 2.05) is 0 Å². The summed E-state index contributed by atoms with van der Waals surface area (Å²) in [6.07, 6.45) is 0.145. The molecule has 36 valence electrons. The molecule has 1 aliphatic rings. The molecule has 1 saturated carbocycles. The van der Waals surface area contributed by atoms with E-state index in [0.717, 1.165) is 0 Å². The Kier molecular flexibility index (Phi) is 0.804. The molecule has 2 atom stereocenters. The lowest BCUT2D eigenvalue weighted by Crippen LogP contribution is -2.01. The highest BCUT2D eigenvalue weighted by atomic mass is 19.1. The monoisotopic (exact) mass is 89.1 g/mol. The van der Waals surface area contributed by atoms with Crippen molar-refractivity contribution in [2.75, 3.05) is 6.54 Å². The number of halogens is 1. The lowest BCUT2D eigenvalue weighted by atomic mass is 10.4. The highest BCUT2D eigenvalue weighted by Crippen LogP contribution is 2.31. The van der Waals surface area contributed by atoms with Crippen molar-refractivity contribution in [1.82, 2.24) is 0 Å². The van der Waals surface area contributed by atoms with Gasteiger partial charge in [0, 0.05) is 5.92 Å². The van der Waals surface area contributed by atoms with Crippen LogP contribution >= 0.6 is 0 Å². The van der Waals surface area contributed by atoms with Crippen molar-refractivity contribution in [3.63, 3.8) is 0 Å². The van der Waals surface area contributed by atoms with Gasteiger partial charge < -0.3 is 5.73 Å². The van der Waals surface area contributed by atoms with Gasteiger partial charge in [-0.3, -0.25) is 0 Å². The first-order valence-corrected chi connectivity index (χ1v) is 2.18. The summed E-state index contributed by atoms with van der Waals surface area (Å²) >= 11 is 0. The van der Waals surface area contributed by atoms with Crippen LogP contribution in [-0.2, 0) is 0 Å². The van der Waals surface area contributed by atoms with E-state index in [2.05, 4.69) is 0 Å². The van der Waals surface area contributed by atoms with Gasteiger partial charge in [-0.1, -0.05) is 0 Å². The molecule has 1 fully saturated rings. The van der Waals surface area contributed by atoms with Crippen molar-refractivity contribution in [3.05, 3.63) is 0 Å². The smallest absolute Gasteiger partial charge is 0.105 e. The Morgan fingerprint density at radius 1 is 1.83 bits per heavy atom. The summed E-state index contributed by atoms with van der Waals surface area (Å²) in [4.78, 5) is 0. The van der Waals surface area contributed by atoms with Crippen LogP contribution in [0.3, 0.4) is 0 Å². The highest BCUT2D eigenvalue weighted by molar-refractivity contribution is 4.86. The third-order valence-corrected chi connectivity index (χ3v) is 1.14. The van der Waals surface area contributed by atoms with E-state index in [-0.39, 0.29) is 5.92 Å². The number of nitrogens with two attached hydrogens (primary N) is 1. The fourth-order valence-corrected chi connectivity index (χ4v) is 0.455. The molecule has 0 radical (unpaired) electrons. The Labute approximate surface area is 36.3 Å². The Morgan fingerprint density at radius 2 is 2.33 bits per heavy atom. The Bertz CT molecular complexity index is 53.5. The van der Waals surface area contributed by atoms with E-state index in [1.54, 1.807) is 0 Å². The van der Waals surface area contributed by atoms with Gasteiger partial charge in [0.25, 0.3) is 0 Å². The van der Waals surface area contributed by atoms with Crippen molar-refractivity contribution in [1.29, 1.82) is 0 Å². The van der Waals surface area contributed by atoms with Crippen LogP contribution in [0.5, 0.6) is 0 Å². The second kappa shape index (κ2) is 1.19. The van der Waals surface area contributed by atoms with E-state index in [1.165, 1.54) is 0 Å². The molecule has 0 unspecified atom stereocenters. The van der Waals surface area contributed by atoms with Crippen LogP contribution in [0.1, 0.15) is 6.42 Å². The topological polar surface area (TPSA) is 26.0 Å². The van der Waals surface area contributed by atoms with Crippen molar-refractivity contribution in [2.24, 2.45) is 11.7 Å². The van der Waals surface area contributed by atoms with E-state index in [4.69, 9.17) is 5.73 Å². The number of alkyl halides is 1. The minimum absolute atomic E-state index is 0.213. The van der Waals surface area contributed by atoms with E-state index < -0.39 is 6.17 Å². The summed E-state index contributed by atoms with van der Waals surface area (Å²) < 4.78 is 11.7. The van der Waals surface area contributed by atoms with Gasteiger partial charge in [0.1, 0.15) is 6.17 Å². The Hall–Kier alpha value is -0.110. The molecular formula is C4H8FN. The largest absolute Gasteiger partial charge is 0.330 e. The van der Waals surface area contributed by atoms with Gasteiger partial charge >= 0.3 is 0 Å². The normalized spacial score (nSPS) is 43.0. The van der Waals surface area contributed by atoms with Crippen molar-refractivity contribution in [3.8, 4) is 0 Å². The zero-order valence-electron chi connectivity index (χ0n) is 3.52. The molecule has 1 aliphatic carbocycles. The molecule has 6 heavy (non-hydrogen) atoms. The van der Waals surface area contributed by atoms with E-state index >= 15 is 0 Å². The van der Waals surface area contributed by atoms with Gasteiger partial charge in [-0.05, 0) is 13.0 Å². The summed E-state index contributed by atoms with van der Waals surface area (Å²) in [6, 6.07) is 0. The predicted molar refractivity (Wildman–Crippen MR) is 22.1 cm³/mol. The van der Waals surface area contributed by atoms with Gasteiger partial charge in [0.15, 0.2) is 0 Å². The molecule has 0 aromatic carbocycles. The lowest BCUT2D eigenvalue weighted by molar-refractivity contribution is 0.448. The SMILES string of the molecule is NC[C@@H]1C[C@@H]1F. The standard InChI is InChI=1S/C4H8FN/c5-4-1-3(4)2-6/h3-4H,1-2,6H2/t3-,4-/m0/s1. The fraction of sp³-hybridized carbons (Fsp3) is 1.00. The first-order chi connectivity index (χ1) is 2.84. The second-order valence-corrected chi connectivity index (χ2v) is 1.75. The fourth-order valence-electron chi connectivity index (χ4n) is 0.455. The highest BCUT2D eigenvalue weighted by Gasteiger charge is 2.35. The van der Waals surface area contributed by atoms with Crippen LogP contribution in [0.25, 0.3) is 0 Å². The van der Waals surface area contributed by atoms with Crippen LogP contribution in [-0.4, -0.2) is 12.7 Å². The molecule has 1 rings (SSSR count). The molecule has 1 nitrogen and oxygen atoms in total. The molecule has 0 bridgehead atoms. The summed E-state index contributed by atoms with van der Waals surface area (Å²) in [7, 11) is 0. The van der Waals surface area contributed by atoms with Crippen LogP contribution in [0.2, 0.25) is 0 Å². The second-order valence-electron chi connectivity index (χ2n) is 1.75. The third kappa shape index (κ3) is 0.522. The van der Waals surface area contributed by atoms with Gasteiger partial charge in [0.2, 0.25) is 0 Å². The molecule has 0 amide bonds. The first kappa shape index (κ1) is 4.06. The predicted octanol–water partition coefficient (Wildman–Crippen LogP) is 0.303.